The highest BCUT2D eigenvalue weighted by Crippen LogP contribution is 2.46. The van der Waals surface area contributed by atoms with E-state index in [1.165, 1.54) is 6.07 Å². The number of ether oxygens (including phenoxy) is 1. The van der Waals surface area contributed by atoms with Gasteiger partial charge in [0.15, 0.2) is 5.69 Å². The van der Waals surface area contributed by atoms with Gasteiger partial charge in [0.25, 0.3) is 5.91 Å². The number of carbonyl (C=O) groups is 1. The maximum absolute atomic E-state index is 14.7. The van der Waals surface area contributed by atoms with Crippen LogP contribution < -0.4 is 15.0 Å². The average molecular weight is 573 g/mol. The fraction of sp³-hybridized carbons (Fsp3) is 0.333. The second kappa shape index (κ2) is 10.6. The van der Waals surface area contributed by atoms with Crippen molar-refractivity contribution in [2.75, 3.05) is 25.6 Å². The number of aromatic nitrogens is 4. The highest BCUT2D eigenvalue weighted by atomic mass is 32.2. The van der Waals surface area contributed by atoms with Gasteiger partial charge in [-0.1, -0.05) is 12.0 Å². The molecule has 1 amide bonds. The monoisotopic (exact) mass is 572 g/mol. The summed E-state index contributed by atoms with van der Waals surface area (Å²) in [5.41, 5.74) is 5.09. The van der Waals surface area contributed by atoms with Gasteiger partial charge in [0.2, 0.25) is 0 Å². The molecule has 0 bridgehead atoms. The van der Waals surface area contributed by atoms with E-state index < -0.39 is 5.82 Å². The number of methoxy groups -OCH3 is 1. The Morgan fingerprint density at radius 3 is 2.88 bits per heavy atom. The van der Waals surface area contributed by atoms with Gasteiger partial charge >= 0.3 is 6.01 Å². The molecule has 4 aromatic rings. The number of aromatic hydroxyl groups is 1. The van der Waals surface area contributed by atoms with Crippen LogP contribution in [-0.4, -0.2) is 51.5 Å². The summed E-state index contributed by atoms with van der Waals surface area (Å²) in [7, 11) is 3.15. The summed E-state index contributed by atoms with van der Waals surface area (Å²) in [5.74, 6) is 3.34. The van der Waals surface area contributed by atoms with Crippen LogP contribution in [0, 0.1) is 25.1 Å². The number of halogens is 1. The van der Waals surface area contributed by atoms with Crippen LogP contribution in [0.4, 0.5) is 10.2 Å². The molecule has 41 heavy (non-hydrogen) atoms. The fourth-order valence-corrected chi connectivity index (χ4v) is 7.10. The molecule has 2 N–H and O–H groups in total. The number of fused-ring (bicyclic) bond motifs is 3. The second-order valence-electron chi connectivity index (χ2n) is 10.2. The summed E-state index contributed by atoms with van der Waals surface area (Å²) in [6.45, 7) is 3.92. The zero-order chi connectivity index (χ0) is 28.8. The lowest BCUT2D eigenvalue weighted by Crippen LogP contribution is -2.27. The molecule has 0 saturated heterocycles. The maximum atomic E-state index is 14.7. The van der Waals surface area contributed by atoms with Gasteiger partial charge in [0.1, 0.15) is 17.4 Å². The molecular weight excluding hydrogens is 543 g/mol. The van der Waals surface area contributed by atoms with E-state index in [0.717, 1.165) is 46.9 Å². The van der Waals surface area contributed by atoms with E-state index in [4.69, 9.17) is 21.1 Å². The van der Waals surface area contributed by atoms with Gasteiger partial charge in [-0.15, -0.1) is 18.2 Å². The number of nitrogens with one attached hydrogen (secondary N) is 1. The Morgan fingerprint density at radius 2 is 2.12 bits per heavy atom. The first-order valence-corrected chi connectivity index (χ1v) is 14.4. The Kier molecular flexibility index (Phi) is 6.95. The minimum absolute atomic E-state index is 0.0992. The number of hydrogen-bond donors (Lipinski definition) is 2. The first-order valence-electron chi connectivity index (χ1n) is 13.3. The second-order valence-corrected chi connectivity index (χ2v) is 11.4. The van der Waals surface area contributed by atoms with Gasteiger partial charge in [-0.3, -0.25) is 9.48 Å². The van der Waals surface area contributed by atoms with E-state index in [9.17, 15) is 14.3 Å². The number of nitrogens with zero attached hydrogens (tertiary/aromatic N) is 5. The van der Waals surface area contributed by atoms with Crippen molar-refractivity contribution in [2.45, 2.75) is 43.9 Å². The van der Waals surface area contributed by atoms with Crippen molar-refractivity contribution >= 4 is 34.3 Å². The quantitative estimate of drug-likeness (QED) is 0.350. The number of amides is 1. The maximum Gasteiger partial charge on any atom is 0.318 e. The summed E-state index contributed by atoms with van der Waals surface area (Å²) in [6.07, 6.45) is 7.07. The molecule has 0 saturated carbocycles. The number of benzene rings is 2. The zero-order valence-electron chi connectivity index (χ0n) is 23.0. The highest BCUT2D eigenvalue weighted by molar-refractivity contribution is 7.98. The Hall–Kier alpha value is -4.30. The summed E-state index contributed by atoms with van der Waals surface area (Å²) in [5, 5.41) is 19.0. The summed E-state index contributed by atoms with van der Waals surface area (Å²) in [4.78, 5) is 24.1. The third-order valence-corrected chi connectivity index (χ3v) is 9.09. The number of anilines is 1. The fourth-order valence-electron chi connectivity index (χ4n) is 5.79. The Bertz CT molecular complexity index is 1750. The molecule has 9 nitrogen and oxygen atoms in total. The number of aryl methyl sites for hydroxylation is 1. The van der Waals surface area contributed by atoms with Gasteiger partial charge in [-0.05, 0) is 42.5 Å². The average Bonchev–Trinajstić information content (AvgIpc) is 3.14. The van der Waals surface area contributed by atoms with E-state index >= 15 is 0 Å². The van der Waals surface area contributed by atoms with Crippen molar-refractivity contribution in [3.63, 3.8) is 0 Å². The van der Waals surface area contributed by atoms with Gasteiger partial charge in [0.05, 0.1) is 30.6 Å². The van der Waals surface area contributed by atoms with Gasteiger partial charge < -0.3 is 20.1 Å². The number of rotatable bonds is 4. The number of phenols is 1. The largest absolute Gasteiger partial charge is 0.508 e. The topological polar surface area (TPSA) is 105 Å². The van der Waals surface area contributed by atoms with Crippen LogP contribution in [0.2, 0.25) is 0 Å². The predicted octanol–water partition coefficient (Wildman–Crippen LogP) is 4.27. The van der Waals surface area contributed by atoms with Crippen molar-refractivity contribution in [3.8, 4) is 24.1 Å². The van der Waals surface area contributed by atoms with Crippen LogP contribution in [0.3, 0.4) is 0 Å². The van der Waals surface area contributed by atoms with Crippen LogP contribution in [0.1, 0.15) is 55.8 Å². The van der Waals surface area contributed by atoms with Gasteiger partial charge in [-0.25, -0.2) is 4.39 Å². The third-order valence-electron chi connectivity index (χ3n) is 7.81. The standard InChI is InChI=1S/C30H29FN6O3S/c1-5-19-22(31)8-7-17-11-18(38)12-20(26(17)19)25-13-23-21(15-41-25)28(34-30(33-23)40-4)36-9-6-10-37-24(14-36)16(2)27(35-37)29(39)32-3/h1,7-8,11-12,25,38H,6,9-10,13-15H2,2-4H3,(H,32,39). The van der Waals surface area contributed by atoms with Crippen molar-refractivity contribution in [3.05, 3.63) is 69.4 Å². The first-order chi connectivity index (χ1) is 19.8. The first kappa shape index (κ1) is 26.9. The molecule has 4 heterocycles. The Balaban J connectivity index is 1.40. The van der Waals surface area contributed by atoms with E-state index in [-0.39, 0.29) is 28.5 Å². The SMILES string of the molecule is C#Cc1c(F)ccc2cc(O)cc(C3Cc4nc(OC)nc(N5CCCn6nc(C(=O)NC)c(C)c6C5)c4CS3)c12. The number of carbonyl (C=O) groups excluding carboxylic acids is 1. The number of hydrogen-bond acceptors (Lipinski definition) is 8. The molecule has 0 fully saturated rings. The molecule has 2 aliphatic heterocycles. The Morgan fingerprint density at radius 1 is 1.29 bits per heavy atom. The molecule has 0 aliphatic carbocycles. The highest BCUT2D eigenvalue weighted by Gasteiger charge is 2.31. The molecule has 2 aromatic carbocycles. The van der Waals surface area contributed by atoms with Crippen LogP contribution in [0.15, 0.2) is 24.3 Å². The van der Waals surface area contributed by atoms with Crippen LogP contribution in [-0.2, 0) is 25.3 Å². The smallest absolute Gasteiger partial charge is 0.318 e. The van der Waals surface area contributed by atoms with E-state index in [1.54, 1.807) is 44.1 Å². The molecule has 0 spiro atoms. The normalized spacial score (nSPS) is 16.5. The zero-order valence-corrected chi connectivity index (χ0v) is 23.8. The van der Waals surface area contributed by atoms with E-state index in [2.05, 4.69) is 21.2 Å². The van der Waals surface area contributed by atoms with Crippen LogP contribution in [0.5, 0.6) is 11.8 Å². The van der Waals surface area contributed by atoms with Gasteiger partial charge in [0, 0.05) is 54.1 Å². The lowest BCUT2D eigenvalue weighted by atomic mass is 9.94. The molecule has 1 unspecified atom stereocenters. The number of terminal acetylenes is 1. The van der Waals surface area contributed by atoms with Crippen molar-refractivity contribution in [2.24, 2.45) is 0 Å². The molecule has 1 atom stereocenters. The van der Waals surface area contributed by atoms with Crippen molar-refractivity contribution in [1.82, 2.24) is 25.1 Å². The predicted molar refractivity (Wildman–Crippen MR) is 156 cm³/mol. The van der Waals surface area contributed by atoms with Gasteiger partial charge in [-0.2, -0.15) is 15.1 Å². The van der Waals surface area contributed by atoms with Crippen molar-refractivity contribution < 1.29 is 19.0 Å². The molecule has 210 valence electrons. The van der Waals surface area contributed by atoms with E-state index in [0.29, 0.717) is 41.7 Å². The molecule has 6 rings (SSSR count). The number of phenolic OH excluding ortho intramolecular Hbond substituents is 1. The summed E-state index contributed by atoms with van der Waals surface area (Å²) >= 11 is 1.68. The lowest BCUT2D eigenvalue weighted by molar-refractivity contribution is 0.0956. The summed E-state index contributed by atoms with van der Waals surface area (Å²) in [6, 6.07) is 6.52. The van der Waals surface area contributed by atoms with Crippen LogP contribution in [0.25, 0.3) is 10.8 Å². The number of thioether (sulfide) groups is 1. The molecular formula is C30H29FN6O3S. The van der Waals surface area contributed by atoms with Crippen LogP contribution >= 0.6 is 11.8 Å². The molecule has 11 heteroatoms. The summed E-state index contributed by atoms with van der Waals surface area (Å²) < 4.78 is 22.2. The minimum Gasteiger partial charge on any atom is -0.508 e. The third kappa shape index (κ3) is 4.62. The molecule has 2 aromatic heterocycles. The lowest BCUT2D eigenvalue weighted by Gasteiger charge is -2.30. The minimum atomic E-state index is -0.463. The molecule has 0 radical (unpaired) electrons. The van der Waals surface area contributed by atoms with E-state index in [1.807, 2.05) is 11.6 Å². The van der Waals surface area contributed by atoms with Crippen molar-refractivity contribution in [1.29, 1.82) is 0 Å². The molecule has 2 aliphatic rings. The Labute approximate surface area is 241 Å².